The Bertz CT molecular complexity index is 1780. The highest BCUT2D eigenvalue weighted by atomic mass is 35.5. The molecule has 4 rings (SSSR count). The molecule has 0 bridgehead atoms. The van der Waals surface area contributed by atoms with Gasteiger partial charge >= 0.3 is 18.1 Å². The summed E-state index contributed by atoms with van der Waals surface area (Å²) in [5, 5.41) is 39.7. The summed E-state index contributed by atoms with van der Waals surface area (Å²) in [7, 11) is 0. The van der Waals surface area contributed by atoms with Crippen LogP contribution >= 0.6 is 23.2 Å². The Morgan fingerprint density at radius 3 is 2.28 bits per heavy atom. The van der Waals surface area contributed by atoms with E-state index < -0.39 is 30.1 Å². The number of carboxylic acid groups (broad SMARTS) is 2. The van der Waals surface area contributed by atoms with E-state index >= 15 is 0 Å². The SMILES string of the molecule is CC(C)C(NC(=O)c1cc2c(NCCNc3ccc(C#N)cn3)nc(-c3ccc(Cl)cc3Cl)cn2n1)C(=O)O.O=C(O)C(F)(F)F. The maximum Gasteiger partial charge on any atom is 0.490 e. The van der Waals surface area contributed by atoms with E-state index in [2.05, 4.69) is 26.0 Å². The number of amides is 1. The number of carboxylic acids is 2. The molecule has 5 N–H and O–H groups in total. The molecule has 18 heteroatoms. The van der Waals surface area contributed by atoms with Gasteiger partial charge in [0.05, 0.1) is 22.5 Å². The number of nitrogens with one attached hydrogen (secondary N) is 3. The number of aliphatic carboxylic acids is 2. The Balaban J connectivity index is 0.000000738. The van der Waals surface area contributed by atoms with Crippen molar-refractivity contribution >= 4 is 58.2 Å². The van der Waals surface area contributed by atoms with Gasteiger partial charge in [-0.15, -0.1) is 0 Å². The van der Waals surface area contributed by atoms with Crippen molar-refractivity contribution in [3.63, 3.8) is 0 Å². The normalized spacial score (nSPS) is 11.6. The molecular formula is C28H25Cl2F3N8O5. The Hall–Kier alpha value is -5.14. The standard InChI is InChI=1S/C26H24Cl2N8O3.C2HF3O2/c1-14(2)23(26(38)39)34-25(37)19-10-21-24(31-8-7-30-22-6-3-15(11-29)12-32-22)33-20(13-36(21)35-19)17-5-4-16(27)9-18(17)28;3-2(4,5)1(6)7/h3-6,9-10,12-14,23H,7-8H2,1-2H3,(H,30,32)(H,31,33)(H,34,37)(H,38,39);(H,6,7). The largest absolute Gasteiger partial charge is 0.490 e. The predicted molar refractivity (Wildman–Crippen MR) is 162 cm³/mol. The van der Waals surface area contributed by atoms with Gasteiger partial charge in [0, 0.05) is 35.9 Å². The minimum absolute atomic E-state index is 0.0333. The summed E-state index contributed by atoms with van der Waals surface area (Å²) in [4.78, 5) is 42.2. The number of nitriles is 1. The van der Waals surface area contributed by atoms with Gasteiger partial charge in [-0.25, -0.2) is 24.1 Å². The Kier molecular flexibility index (Phi) is 11.7. The Labute approximate surface area is 269 Å². The molecule has 0 aliphatic rings. The van der Waals surface area contributed by atoms with E-state index in [9.17, 15) is 27.9 Å². The number of aromatic nitrogens is 4. The molecule has 0 aliphatic carbocycles. The molecule has 0 fully saturated rings. The summed E-state index contributed by atoms with van der Waals surface area (Å²) in [6, 6.07) is 10.9. The average Bonchev–Trinajstić information content (AvgIpc) is 3.42. The van der Waals surface area contributed by atoms with E-state index in [1.54, 1.807) is 50.4 Å². The first kappa shape index (κ1) is 35.3. The molecule has 1 amide bonds. The number of pyridine rings is 1. The van der Waals surface area contributed by atoms with E-state index in [1.807, 2.05) is 6.07 Å². The number of benzene rings is 1. The van der Waals surface area contributed by atoms with Gasteiger partial charge in [0.25, 0.3) is 5.91 Å². The maximum absolute atomic E-state index is 12.9. The lowest BCUT2D eigenvalue weighted by Crippen LogP contribution is -2.44. The summed E-state index contributed by atoms with van der Waals surface area (Å²) < 4.78 is 33.2. The first-order valence-electron chi connectivity index (χ1n) is 13.1. The van der Waals surface area contributed by atoms with Gasteiger partial charge in [0.2, 0.25) is 0 Å². The fourth-order valence-electron chi connectivity index (χ4n) is 3.72. The quantitative estimate of drug-likeness (QED) is 0.142. The molecule has 0 saturated carbocycles. The van der Waals surface area contributed by atoms with Crippen LogP contribution in [0.2, 0.25) is 10.0 Å². The van der Waals surface area contributed by atoms with Crippen molar-refractivity contribution in [3.05, 3.63) is 70.1 Å². The van der Waals surface area contributed by atoms with Gasteiger partial charge in [-0.3, -0.25) is 4.79 Å². The molecule has 0 spiro atoms. The van der Waals surface area contributed by atoms with E-state index in [0.29, 0.717) is 57.1 Å². The predicted octanol–water partition coefficient (Wildman–Crippen LogP) is 4.97. The number of hydrogen-bond donors (Lipinski definition) is 5. The molecule has 1 aromatic carbocycles. The second-order valence-corrected chi connectivity index (χ2v) is 10.5. The van der Waals surface area contributed by atoms with Crippen molar-refractivity contribution in [2.75, 3.05) is 23.7 Å². The third kappa shape index (κ3) is 9.43. The summed E-state index contributed by atoms with van der Waals surface area (Å²) >= 11 is 12.5. The zero-order valence-corrected chi connectivity index (χ0v) is 25.4. The number of hydrogen-bond acceptors (Lipinski definition) is 9. The zero-order chi connectivity index (χ0) is 34.2. The molecule has 3 aromatic heterocycles. The lowest BCUT2D eigenvalue weighted by molar-refractivity contribution is -0.192. The van der Waals surface area contributed by atoms with Crippen LogP contribution in [0.4, 0.5) is 24.8 Å². The van der Waals surface area contributed by atoms with Gasteiger partial charge in [-0.05, 0) is 36.2 Å². The summed E-state index contributed by atoms with van der Waals surface area (Å²) in [6.45, 7) is 4.30. The zero-order valence-electron chi connectivity index (χ0n) is 23.9. The fraction of sp³-hybridized carbons (Fsp3) is 0.250. The fourth-order valence-corrected chi connectivity index (χ4v) is 4.23. The van der Waals surface area contributed by atoms with E-state index in [4.69, 9.17) is 43.3 Å². The molecule has 242 valence electrons. The highest BCUT2D eigenvalue weighted by Gasteiger charge is 2.38. The lowest BCUT2D eigenvalue weighted by Gasteiger charge is -2.16. The van der Waals surface area contributed by atoms with Crippen LogP contribution < -0.4 is 16.0 Å². The molecule has 1 unspecified atom stereocenters. The van der Waals surface area contributed by atoms with Crippen LogP contribution in [0.5, 0.6) is 0 Å². The van der Waals surface area contributed by atoms with Crippen LogP contribution in [0.15, 0.2) is 48.8 Å². The number of nitrogens with zero attached hydrogens (tertiary/aromatic N) is 5. The number of rotatable bonds is 10. The van der Waals surface area contributed by atoms with E-state index in [-0.39, 0.29) is 11.6 Å². The number of anilines is 2. The molecule has 13 nitrogen and oxygen atoms in total. The van der Waals surface area contributed by atoms with Gasteiger partial charge in [0.1, 0.15) is 23.4 Å². The molecule has 0 radical (unpaired) electrons. The minimum atomic E-state index is -5.08. The van der Waals surface area contributed by atoms with Crippen LogP contribution in [-0.4, -0.2) is 72.9 Å². The molecule has 1 atom stereocenters. The molecular weight excluding hydrogens is 656 g/mol. The summed E-state index contributed by atoms with van der Waals surface area (Å²) in [5.74, 6) is -3.79. The van der Waals surface area contributed by atoms with Crippen molar-refractivity contribution in [1.82, 2.24) is 24.9 Å². The lowest BCUT2D eigenvalue weighted by atomic mass is 10.0. The van der Waals surface area contributed by atoms with Gasteiger partial charge in [-0.1, -0.05) is 37.0 Å². The van der Waals surface area contributed by atoms with Crippen molar-refractivity contribution in [3.8, 4) is 17.3 Å². The van der Waals surface area contributed by atoms with E-state index in [0.717, 1.165) is 0 Å². The highest BCUT2D eigenvalue weighted by molar-refractivity contribution is 6.36. The smallest absolute Gasteiger partial charge is 0.480 e. The van der Waals surface area contributed by atoms with Crippen molar-refractivity contribution < 1.29 is 37.8 Å². The maximum atomic E-state index is 12.9. The van der Waals surface area contributed by atoms with Crippen molar-refractivity contribution in [1.29, 1.82) is 5.26 Å². The number of halogens is 5. The van der Waals surface area contributed by atoms with Crippen LogP contribution in [0.3, 0.4) is 0 Å². The second-order valence-electron chi connectivity index (χ2n) is 9.69. The van der Waals surface area contributed by atoms with Crippen LogP contribution in [0.1, 0.15) is 29.9 Å². The van der Waals surface area contributed by atoms with E-state index in [1.165, 1.54) is 16.8 Å². The van der Waals surface area contributed by atoms with Crippen molar-refractivity contribution in [2.45, 2.75) is 26.1 Å². The Morgan fingerprint density at radius 1 is 1.07 bits per heavy atom. The summed E-state index contributed by atoms with van der Waals surface area (Å²) in [6.07, 6.45) is -1.98. The molecule has 3 heterocycles. The van der Waals surface area contributed by atoms with Crippen LogP contribution in [0, 0.1) is 17.2 Å². The molecule has 46 heavy (non-hydrogen) atoms. The highest BCUT2D eigenvalue weighted by Crippen LogP contribution is 2.31. The third-order valence-electron chi connectivity index (χ3n) is 5.97. The van der Waals surface area contributed by atoms with Gasteiger partial charge in [0.15, 0.2) is 11.5 Å². The number of carbonyl (C=O) groups excluding carboxylic acids is 1. The monoisotopic (exact) mass is 680 g/mol. The topological polar surface area (TPSA) is 195 Å². The van der Waals surface area contributed by atoms with Gasteiger partial charge in [-0.2, -0.15) is 23.5 Å². The number of carbonyl (C=O) groups is 3. The molecule has 0 saturated heterocycles. The van der Waals surface area contributed by atoms with Crippen molar-refractivity contribution in [2.24, 2.45) is 5.92 Å². The first-order chi connectivity index (χ1) is 21.6. The second kappa shape index (κ2) is 15.2. The third-order valence-corrected chi connectivity index (χ3v) is 6.52. The number of fused-ring (bicyclic) bond motifs is 1. The molecule has 0 aliphatic heterocycles. The Morgan fingerprint density at radius 2 is 1.74 bits per heavy atom. The minimum Gasteiger partial charge on any atom is -0.480 e. The average molecular weight is 681 g/mol. The molecule has 4 aromatic rings. The van der Waals surface area contributed by atoms with Crippen LogP contribution in [-0.2, 0) is 9.59 Å². The number of alkyl halides is 3. The first-order valence-corrected chi connectivity index (χ1v) is 13.9. The summed E-state index contributed by atoms with van der Waals surface area (Å²) in [5.41, 5.74) is 2.09. The van der Waals surface area contributed by atoms with Gasteiger partial charge < -0.3 is 26.2 Å². The van der Waals surface area contributed by atoms with Crippen LogP contribution in [0.25, 0.3) is 16.8 Å².